The number of carbonyl (C=O) groups excluding carboxylic acids is 1. The molecule has 23 heavy (non-hydrogen) atoms. The lowest BCUT2D eigenvalue weighted by Gasteiger charge is -2.16. The van der Waals surface area contributed by atoms with Crippen LogP contribution in [0.15, 0.2) is 36.4 Å². The van der Waals surface area contributed by atoms with Crippen molar-refractivity contribution >= 4 is 17.3 Å². The van der Waals surface area contributed by atoms with Crippen molar-refractivity contribution in [1.82, 2.24) is 0 Å². The molecule has 0 aromatic heterocycles. The van der Waals surface area contributed by atoms with Crippen molar-refractivity contribution in [3.05, 3.63) is 42.0 Å². The quantitative estimate of drug-likeness (QED) is 0.825. The van der Waals surface area contributed by atoms with E-state index in [1.165, 1.54) is 7.11 Å². The summed E-state index contributed by atoms with van der Waals surface area (Å²) in [6.45, 7) is 0. The number of benzene rings is 2. The third-order valence-corrected chi connectivity index (χ3v) is 3.28. The lowest BCUT2D eigenvalue weighted by atomic mass is 10.1. The number of esters is 1. The number of anilines is 2. The second-order valence-corrected chi connectivity index (χ2v) is 4.58. The Kier molecular flexibility index (Phi) is 5.30. The fraction of sp³-hybridized carbons (Fsp3) is 0.235. The van der Waals surface area contributed by atoms with Gasteiger partial charge in [0.1, 0.15) is 0 Å². The highest BCUT2D eigenvalue weighted by molar-refractivity contribution is 5.96. The first-order valence-electron chi connectivity index (χ1n) is 6.89. The van der Waals surface area contributed by atoms with Crippen molar-refractivity contribution in [3.8, 4) is 17.2 Å². The smallest absolute Gasteiger partial charge is 0.339 e. The van der Waals surface area contributed by atoms with Crippen LogP contribution in [0.25, 0.3) is 0 Å². The van der Waals surface area contributed by atoms with Crippen LogP contribution >= 0.6 is 0 Å². The van der Waals surface area contributed by atoms with Crippen LogP contribution in [0, 0.1) is 0 Å². The van der Waals surface area contributed by atoms with E-state index < -0.39 is 5.97 Å². The van der Waals surface area contributed by atoms with E-state index in [9.17, 15) is 4.79 Å². The Morgan fingerprint density at radius 3 is 2.04 bits per heavy atom. The van der Waals surface area contributed by atoms with Gasteiger partial charge < -0.3 is 24.3 Å². The van der Waals surface area contributed by atoms with Gasteiger partial charge >= 0.3 is 5.97 Å². The van der Waals surface area contributed by atoms with Gasteiger partial charge in [-0.15, -0.1) is 0 Å². The molecule has 2 rings (SSSR count). The maximum absolute atomic E-state index is 11.8. The fourth-order valence-electron chi connectivity index (χ4n) is 2.19. The summed E-state index contributed by atoms with van der Waals surface area (Å²) in [5, 5.41) is 3.17. The predicted molar refractivity (Wildman–Crippen MR) is 87.2 cm³/mol. The number of para-hydroxylation sites is 1. The zero-order chi connectivity index (χ0) is 16.8. The maximum atomic E-state index is 11.8. The molecule has 2 aromatic carbocycles. The molecule has 0 radical (unpaired) electrons. The molecule has 1 N–H and O–H groups in total. The number of ether oxygens (including phenoxy) is 4. The minimum absolute atomic E-state index is 0.416. The minimum atomic E-state index is -0.416. The molecule has 0 heterocycles. The van der Waals surface area contributed by atoms with Gasteiger partial charge in [-0.05, 0) is 12.1 Å². The van der Waals surface area contributed by atoms with Gasteiger partial charge in [0.05, 0.1) is 39.7 Å². The summed E-state index contributed by atoms with van der Waals surface area (Å²) in [4.78, 5) is 11.8. The van der Waals surface area contributed by atoms with Gasteiger partial charge in [-0.25, -0.2) is 4.79 Å². The first kappa shape index (κ1) is 16.5. The molecule has 6 nitrogen and oxygen atoms in total. The Hall–Kier alpha value is -2.89. The summed E-state index contributed by atoms with van der Waals surface area (Å²) >= 11 is 0. The van der Waals surface area contributed by atoms with Gasteiger partial charge in [0, 0.05) is 17.8 Å². The number of carbonyl (C=O) groups is 1. The molecular formula is C17H19NO5. The first-order chi connectivity index (χ1) is 11.1. The third-order valence-electron chi connectivity index (χ3n) is 3.28. The van der Waals surface area contributed by atoms with E-state index >= 15 is 0 Å². The summed E-state index contributed by atoms with van der Waals surface area (Å²) in [5.41, 5.74) is 1.74. The molecule has 6 heteroatoms. The first-order valence-corrected chi connectivity index (χ1v) is 6.89. The number of hydrogen-bond acceptors (Lipinski definition) is 6. The molecule has 0 atom stereocenters. The largest absolute Gasteiger partial charge is 0.493 e. The molecular weight excluding hydrogens is 298 g/mol. The lowest BCUT2D eigenvalue weighted by Crippen LogP contribution is -2.05. The topological polar surface area (TPSA) is 66.0 Å². The predicted octanol–water partition coefficient (Wildman–Crippen LogP) is 3.24. The van der Waals surface area contributed by atoms with Gasteiger partial charge in [-0.3, -0.25) is 0 Å². The standard InChI is InChI=1S/C17H19NO5/c1-20-14-9-11(10-15(21-2)16(14)22-3)18-13-8-6-5-7-12(13)17(19)23-4/h5-10,18H,1-4H3. The summed E-state index contributed by atoms with van der Waals surface area (Å²) in [6, 6.07) is 10.6. The number of hydrogen-bond donors (Lipinski definition) is 1. The van der Waals surface area contributed by atoms with E-state index in [2.05, 4.69) is 5.32 Å². The molecule has 0 amide bonds. The van der Waals surface area contributed by atoms with Crippen molar-refractivity contribution in [1.29, 1.82) is 0 Å². The molecule has 0 unspecified atom stereocenters. The van der Waals surface area contributed by atoms with Crippen LogP contribution in [0.2, 0.25) is 0 Å². The SMILES string of the molecule is COC(=O)c1ccccc1Nc1cc(OC)c(OC)c(OC)c1. The van der Waals surface area contributed by atoms with Gasteiger partial charge in [0.25, 0.3) is 0 Å². The van der Waals surface area contributed by atoms with Crippen LogP contribution in [0.4, 0.5) is 11.4 Å². The molecule has 0 saturated carbocycles. The molecule has 0 bridgehead atoms. The van der Waals surface area contributed by atoms with Crippen molar-refractivity contribution in [2.24, 2.45) is 0 Å². The van der Waals surface area contributed by atoms with E-state index in [1.807, 2.05) is 6.07 Å². The van der Waals surface area contributed by atoms with Crippen LogP contribution < -0.4 is 19.5 Å². The second kappa shape index (κ2) is 7.40. The summed E-state index contributed by atoms with van der Waals surface area (Å²) in [5.74, 6) is 1.12. The maximum Gasteiger partial charge on any atom is 0.339 e. The highest BCUT2D eigenvalue weighted by Gasteiger charge is 2.15. The van der Waals surface area contributed by atoms with E-state index in [4.69, 9.17) is 18.9 Å². The summed E-state index contributed by atoms with van der Waals surface area (Å²) in [6.07, 6.45) is 0. The number of methoxy groups -OCH3 is 4. The highest BCUT2D eigenvalue weighted by Crippen LogP contribution is 2.40. The fourth-order valence-corrected chi connectivity index (χ4v) is 2.19. The van der Waals surface area contributed by atoms with Crippen LogP contribution in [0.5, 0.6) is 17.2 Å². The van der Waals surface area contributed by atoms with Gasteiger partial charge in [-0.1, -0.05) is 12.1 Å². The van der Waals surface area contributed by atoms with Crippen LogP contribution in [-0.2, 0) is 4.74 Å². The average molecular weight is 317 g/mol. The van der Waals surface area contributed by atoms with E-state index in [-0.39, 0.29) is 0 Å². The summed E-state index contributed by atoms with van der Waals surface area (Å²) < 4.78 is 20.7. The molecule has 2 aromatic rings. The Morgan fingerprint density at radius 2 is 1.52 bits per heavy atom. The van der Waals surface area contributed by atoms with E-state index in [1.54, 1.807) is 51.7 Å². The van der Waals surface area contributed by atoms with Gasteiger partial charge in [-0.2, -0.15) is 0 Å². The van der Waals surface area contributed by atoms with E-state index in [0.29, 0.717) is 34.2 Å². The van der Waals surface area contributed by atoms with Crippen LogP contribution in [0.3, 0.4) is 0 Å². The van der Waals surface area contributed by atoms with Gasteiger partial charge in [0.15, 0.2) is 11.5 Å². The molecule has 0 saturated heterocycles. The molecule has 0 spiro atoms. The molecule has 0 fully saturated rings. The van der Waals surface area contributed by atoms with E-state index in [0.717, 1.165) is 0 Å². The number of rotatable bonds is 6. The van der Waals surface area contributed by atoms with Crippen molar-refractivity contribution in [2.75, 3.05) is 33.8 Å². The Bertz CT molecular complexity index is 674. The van der Waals surface area contributed by atoms with Crippen molar-refractivity contribution < 1.29 is 23.7 Å². The lowest BCUT2D eigenvalue weighted by molar-refractivity contribution is 0.0602. The molecule has 0 aliphatic heterocycles. The van der Waals surface area contributed by atoms with Gasteiger partial charge in [0.2, 0.25) is 5.75 Å². The Balaban J connectivity index is 2.43. The second-order valence-electron chi connectivity index (χ2n) is 4.58. The Labute approximate surface area is 134 Å². The molecule has 0 aliphatic rings. The summed E-state index contributed by atoms with van der Waals surface area (Å²) in [7, 11) is 5.98. The number of nitrogens with one attached hydrogen (secondary N) is 1. The van der Waals surface area contributed by atoms with Crippen molar-refractivity contribution in [2.45, 2.75) is 0 Å². The highest BCUT2D eigenvalue weighted by atomic mass is 16.5. The molecule has 0 aliphatic carbocycles. The third kappa shape index (κ3) is 3.48. The minimum Gasteiger partial charge on any atom is -0.493 e. The molecule has 122 valence electrons. The Morgan fingerprint density at radius 1 is 0.913 bits per heavy atom. The van der Waals surface area contributed by atoms with Crippen LogP contribution in [-0.4, -0.2) is 34.4 Å². The monoisotopic (exact) mass is 317 g/mol. The average Bonchev–Trinajstić information content (AvgIpc) is 2.60. The van der Waals surface area contributed by atoms with Crippen LogP contribution in [0.1, 0.15) is 10.4 Å². The normalized spacial score (nSPS) is 9.91. The van der Waals surface area contributed by atoms with Crippen molar-refractivity contribution in [3.63, 3.8) is 0 Å². The zero-order valence-corrected chi connectivity index (χ0v) is 13.5. The zero-order valence-electron chi connectivity index (χ0n) is 13.5.